The van der Waals surface area contributed by atoms with Gasteiger partial charge in [-0.2, -0.15) is 0 Å². The van der Waals surface area contributed by atoms with E-state index in [9.17, 15) is 4.79 Å². The molecule has 0 bridgehead atoms. The Morgan fingerprint density at radius 3 is 2.84 bits per heavy atom. The van der Waals surface area contributed by atoms with Gasteiger partial charge in [0.05, 0.1) is 6.04 Å². The summed E-state index contributed by atoms with van der Waals surface area (Å²) >= 11 is 3.44. The summed E-state index contributed by atoms with van der Waals surface area (Å²) in [5.41, 5.74) is 6.03. The summed E-state index contributed by atoms with van der Waals surface area (Å²) in [6.07, 6.45) is 0.316. The summed E-state index contributed by atoms with van der Waals surface area (Å²) in [7, 11) is 0. The van der Waals surface area contributed by atoms with Crippen molar-refractivity contribution < 1.29 is 9.21 Å². The largest absolute Gasteiger partial charge is 0.459 e. The minimum absolute atomic E-state index is 0.0208. The molecular weight excluding hydrogens is 308 g/mol. The van der Waals surface area contributed by atoms with E-state index in [2.05, 4.69) is 21.2 Å². The SMILES string of the molecule is CC(CC(N)=O)NC(C)c1cc2cc(Br)ccc2o1. The van der Waals surface area contributed by atoms with E-state index >= 15 is 0 Å². The van der Waals surface area contributed by atoms with E-state index in [1.165, 1.54) is 0 Å². The highest BCUT2D eigenvalue weighted by molar-refractivity contribution is 9.10. The maximum Gasteiger partial charge on any atom is 0.218 e. The molecule has 5 heteroatoms. The van der Waals surface area contributed by atoms with Gasteiger partial charge in [0.15, 0.2) is 0 Å². The third-order valence-corrected chi connectivity index (χ3v) is 3.46. The van der Waals surface area contributed by atoms with Gasteiger partial charge in [0.1, 0.15) is 11.3 Å². The second kappa shape index (κ2) is 5.75. The van der Waals surface area contributed by atoms with Crippen molar-refractivity contribution in [3.8, 4) is 0 Å². The molecule has 2 aromatic rings. The number of benzene rings is 1. The Hall–Kier alpha value is -1.33. The summed E-state index contributed by atoms with van der Waals surface area (Å²) in [6, 6.07) is 7.95. The molecule has 0 aliphatic heterocycles. The Morgan fingerprint density at radius 2 is 2.16 bits per heavy atom. The number of furan rings is 1. The minimum Gasteiger partial charge on any atom is -0.459 e. The van der Waals surface area contributed by atoms with Crippen LogP contribution in [-0.4, -0.2) is 11.9 Å². The quantitative estimate of drug-likeness (QED) is 0.887. The number of rotatable bonds is 5. The molecule has 2 unspecified atom stereocenters. The molecule has 0 spiro atoms. The third kappa shape index (κ3) is 3.58. The maximum absolute atomic E-state index is 10.9. The fourth-order valence-corrected chi connectivity index (χ4v) is 2.50. The van der Waals surface area contributed by atoms with E-state index in [1.807, 2.05) is 38.1 Å². The molecule has 0 saturated carbocycles. The maximum atomic E-state index is 10.9. The molecule has 3 N–H and O–H groups in total. The Bertz CT molecular complexity index is 594. The number of primary amides is 1. The lowest BCUT2D eigenvalue weighted by atomic mass is 10.1. The first kappa shape index (κ1) is 14.1. The average Bonchev–Trinajstić information content (AvgIpc) is 2.70. The summed E-state index contributed by atoms with van der Waals surface area (Å²) in [5.74, 6) is 0.546. The fraction of sp³-hybridized carbons (Fsp3) is 0.357. The van der Waals surface area contributed by atoms with Crippen molar-refractivity contribution in [2.75, 3.05) is 0 Å². The predicted octanol–water partition coefficient (Wildman–Crippen LogP) is 3.11. The third-order valence-electron chi connectivity index (χ3n) is 2.97. The van der Waals surface area contributed by atoms with Gasteiger partial charge >= 0.3 is 0 Å². The topological polar surface area (TPSA) is 68.3 Å². The molecule has 0 radical (unpaired) electrons. The van der Waals surface area contributed by atoms with Gasteiger partial charge in [-0.3, -0.25) is 4.79 Å². The van der Waals surface area contributed by atoms with Crippen LogP contribution in [-0.2, 0) is 4.79 Å². The Labute approximate surface area is 120 Å². The molecule has 4 nitrogen and oxygen atoms in total. The van der Waals surface area contributed by atoms with Gasteiger partial charge in [0.2, 0.25) is 5.91 Å². The van der Waals surface area contributed by atoms with Gasteiger partial charge < -0.3 is 15.5 Å². The first-order valence-electron chi connectivity index (χ1n) is 6.19. The van der Waals surface area contributed by atoms with Crippen molar-refractivity contribution in [2.24, 2.45) is 5.73 Å². The standard InChI is InChI=1S/C14H17BrN2O2/c1-8(5-14(16)18)17-9(2)13-7-10-6-11(15)3-4-12(10)19-13/h3-4,6-9,17H,5H2,1-2H3,(H2,16,18). The molecule has 2 atom stereocenters. The highest BCUT2D eigenvalue weighted by atomic mass is 79.9. The number of halogens is 1. The lowest BCUT2D eigenvalue weighted by Gasteiger charge is -2.16. The molecule has 0 fully saturated rings. The first-order chi connectivity index (χ1) is 8.95. The second-order valence-electron chi connectivity index (χ2n) is 4.79. The zero-order valence-electron chi connectivity index (χ0n) is 10.9. The van der Waals surface area contributed by atoms with Crippen LogP contribution in [0.5, 0.6) is 0 Å². The van der Waals surface area contributed by atoms with Crippen LogP contribution in [0.15, 0.2) is 33.2 Å². The molecule has 0 aliphatic carbocycles. The average molecular weight is 325 g/mol. The normalized spacial score (nSPS) is 14.5. The Morgan fingerprint density at radius 1 is 1.42 bits per heavy atom. The zero-order chi connectivity index (χ0) is 14.0. The number of nitrogens with one attached hydrogen (secondary N) is 1. The molecule has 0 aliphatic rings. The van der Waals surface area contributed by atoms with E-state index in [4.69, 9.17) is 10.2 Å². The minimum atomic E-state index is -0.305. The van der Waals surface area contributed by atoms with Crippen molar-refractivity contribution in [1.82, 2.24) is 5.32 Å². The monoisotopic (exact) mass is 324 g/mol. The predicted molar refractivity (Wildman–Crippen MR) is 78.7 cm³/mol. The van der Waals surface area contributed by atoms with Gasteiger partial charge in [-0.25, -0.2) is 0 Å². The molecule has 0 saturated heterocycles. The second-order valence-corrected chi connectivity index (χ2v) is 5.71. The van der Waals surface area contributed by atoms with Gasteiger partial charge in [-0.1, -0.05) is 15.9 Å². The molecule has 1 amide bonds. The number of hydrogen-bond acceptors (Lipinski definition) is 3. The number of amides is 1. The number of nitrogens with two attached hydrogens (primary N) is 1. The van der Waals surface area contributed by atoms with E-state index < -0.39 is 0 Å². The molecule has 19 heavy (non-hydrogen) atoms. The van der Waals surface area contributed by atoms with E-state index in [0.717, 1.165) is 21.2 Å². The Balaban J connectivity index is 2.12. The molecule has 1 heterocycles. The van der Waals surface area contributed by atoms with Crippen LogP contribution in [0.4, 0.5) is 0 Å². The molecule has 102 valence electrons. The lowest BCUT2D eigenvalue weighted by molar-refractivity contribution is -0.118. The molecule has 1 aromatic heterocycles. The Kier molecular flexibility index (Phi) is 4.27. The number of carbonyl (C=O) groups is 1. The van der Waals surface area contributed by atoms with E-state index in [0.29, 0.717) is 6.42 Å². The summed E-state index contributed by atoms with van der Waals surface area (Å²) < 4.78 is 6.81. The van der Waals surface area contributed by atoms with Crippen molar-refractivity contribution >= 4 is 32.8 Å². The van der Waals surface area contributed by atoms with Crippen LogP contribution >= 0.6 is 15.9 Å². The van der Waals surface area contributed by atoms with Crippen LogP contribution < -0.4 is 11.1 Å². The van der Waals surface area contributed by atoms with Gasteiger partial charge in [0.25, 0.3) is 0 Å². The molecule has 2 rings (SSSR count). The van der Waals surface area contributed by atoms with Gasteiger partial charge in [0, 0.05) is 22.3 Å². The van der Waals surface area contributed by atoms with Gasteiger partial charge in [-0.15, -0.1) is 0 Å². The number of hydrogen-bond donors (Lipinski definition) is 2. The molecular formula is C14H17BrN2O2. The zero-order valence-corrected chi connectivity index (χ0v) is 12.5. The van der Waals surface area contributed by atoms with Gasteiger partial charge in [-0.05, 0) is 38.1 Å². The van der Waals surface area contributed by atoms with Crippen LogP contribution in [0.25, 0.3) is 11.0 Å². The first-order valence-corrected chi connectivity index (χ1v) is 6.98. The van der Waals surface area contributed by atoms with Crippen molar-refractivity contribution in [3.63, 3.8) is 0 Å². The van der Waals surface area contributed by atoms with Crippen LogP contribution in [0.3, 0.4) is 0 Å². The van der Waals surface area contributed by atoms with E-state index in [-0.39, 0.29) is 18.0 Å². The van der Waals surface area contributed by atoms with Crippen LogP contribution in [0.1, 0.15) is 32.1 Å². The summed E-state index contributed by atoms with van der Waals surface area (Å²) in [4.78, 5) is 10.9. The fourth-order valence-electron chi connectivity index (χ4n) is 2.12. The molecule has 1 aromatic carbocycles. The van der Waals surface area contributed by atoms with E-state index in [1.54, 1.807) is 0 Å². The highest BCUT2D eigenvalue weighted by Crippen LogP contribution is 2.26. The van der Waals surface area contributed by atoms with Crippen LogP contribution in [0, 0.1) is 0 Å². The number of carbonyl (C=O) groups excluding carboxylic acids is 1. The van der Waals surface area contributed by atoms with Crippen molar-refractivity contribution in [1.29, 1.82) is 0 Å². The van der Waals surface area contributed by atoms with Crippen molar-refractivity contribution in [3.05, 3.63) is 34.5 Å². The van der Waals surface area contributed by atoms with Crippen molar-refractivity contribution in [2.45, 2.75) is 32.4 Å². The smallest absolute Gasteiger partial charge is 0.218 e. The van der Waals surface area contributed by atoms with Crippen LogP contribution in [0.2, 0.25) is 0 Å². The number of fused-ring (bicyclic) bond motifs is 1. The summed E-state index contributed by atoms with van der Waals surface area (Å²) in [6.45, 7) is 3.94. The highest BCUT2D eigenvalue weighted by Gasteiger charge is 2.15. The summed E-state index contributed by atoms with van der Waals surface area (Å²) in [5, 5.41) is 4.35. The lowest BCUT2D eigenvalue weighted by Crippen LogP contribution is -2.32.